The second-order valence-electron chi connectivity index (χ2n) is 5.93. The van der Waals surface area contributed by atoms with Gasteiger partial charge in [-0.2, -0.15) is 0 Å². The van der Waals surface area contributed by atoms with E-state index in [0.29, 0.717) is 16.3 Å². The highest BCUT2D eigenvalue weighted by molar-refractivity contribution is 6.42. The van der Waals surface area contributed by atoms with Crippen molar-refractivity contribution in [3.8, 4) is 0 Å². The van der Waals surface area contributed by atoms with E-state index in [-0.39, 0.29) is 17.5 Å². The van der Waals surface area contributed by atoms with Gasteiger partial charge in [-0.3, -0.25) is 9.59 Å². The minimum atomic E-state index is -0.406. The molecule has 0 aliphatic carbocycles. The summed E-state index contributed by atoms with van der Waals surface area (Å²) in [5.74, 6) is -0.742. The summed E-state index contributed by atoms with van der Waals surface area (Å²) in [5.41, 5.74) is 2.84. The van der Waals surface area contributed by atoms with Crippen LogP contribution in [-0.2, 0) is 4.79 Å². The highest BCUT2D eigenvalue weighted by atomic mass is 35.5. The maximum absolute atomic E-state index is 12.1. The highest BCUT2D eigenvalue weighted by Gasteiger charge is 2.10. The van der Waals surface area contributed by atoms with Gasteiger partial charge in [0.25, 0.3) is 5.91 Å². The summed E-state index contributed by atoms with van der Waals surface area (Å²) in [7, 11) is 0. The zero-order chi connectivity index (χ0) is 19.9. The molecule has 0 unspecified atom stereocenters. The van der Waals surface area contributed by atoms with Crippen LogP contribution in [0.3, 0.4) is 0 Å². The molecule has 0 aliphatic rings. The van der Waals surface area contributed by atoms with E-state index < -0.39 is 5.91 Å². The van der Waals surface area contributed by atoms with Crippen LogP contribution in [0.5, 0.6) is 0 Å². The summed E-state index contributed by atoms with van der Waals surface area (Å²) in [4.78, 5) is 24.1. The van der Waals surface area contributed by atoms with Crippen molar-refractivity contribution in [1.29, 1.82) is 0 Å². The summed E-state index contributed by atoms with van der Waals surface area (Å²) in [6.45, 7) is -0.164. The molecule has 3 rings (SSSR count). The Morgan fingerprint density at radius 3 is 2.07 bits per heavy atom. The number of para-hydroxylation sites is 1. The number of carbonyl (C=O) groups excluding carboxylic acids is 2. The van der Waals surface area contributed by atoms with E-state index in [1.165, 1.54) is 12.1 Å². The van der Waals surface area contributed by atoms with Crippen molar-refractivity contribution in [2.75, 3.05) is 17.2 Å². The summed E-state index contributed by atoms with van der Waals surface area (Å²) in [6, 6.07) is 21.6. The third kappa shape index (κ3) is 5.49. The van der Waals surface area contributed by atoms with Gasteiger partial charge in [-0.25, -0.2) is 0 Å². The Bertz CT molecular complexity index is 977. The van der Waals surface area contributed by atoms with Crippen LogP contribution in [0.4, 0.5) is 17.1 Å². The Hall–Kier alpha value is -3.02. The van der Waals surface area contributed by atoms with Crippen molar-refractivity contribution < 1.29 is 9.59 Å². The van der Waals surface area contributed by atoms with Crippen LogP contribution in [-0.4, -0.2) is 18.4 Å². The summed E-state index contributed by atoms with van der Waals surface area (Å²) in [5, 5.41) is 9.18. The number of nitrogens with one attached hydrogen (secondary N) is 3. The quantitative estimate of drug-likeness (QED) is 0.525. The van der Waals surface area contributed by atoms with E-state index in [1.807, 2.05) is 42.5 Å². The van der Waals surface area contributed by atoms with Crippen molar-refractivity contribution in [2.45, 2.75) is 0 Å². The maximum atomic E-state index is 12.1. The number of benzene rings is 3. The lowest BCUT2D eigenvalue weighted by atomic mass is 10.2. The third-order valence-electron chi connectivity index (χ3n) is 3.82. The van der Waals surface area contributed by atoms with Crippen molar-refractivity contribution in [3.63, 3.8) is 0 Å². The van der Waals surface area contributed by atoms with Crippen molar-refractivity contribution in [2.24, 2.45) is 0 Å². The molecule has 0 bridgehead atoms. The predicted octanol–water partition coefficient (Wildman–Crippen LogP) is 5.11. The molecule has 0 spiro atoms. The van der Waals surface area contributed by atoms with E-state index >= 15 is 0 Å². The smallest absolute Gasteiger partial charge is 0.251 e. The molecule has 2 amide bonds. The maximum Gasteiger partial charge on any atom is 0.251 e. The molecule has 0 atom stereocenters. The molecule has 0 radical (unpaired) electrons. The van der Waals surface area contributed by atoms with Crippen molar-refractivity contribution in [3.05, 3.63) is 88.4 Å². The first-order valence-corrected chi connectivity index (χ1v) is 9.22. The predicted molar refractivity (Wildman–Crippen MR) is 114 cm³/mol. The minimum absolute atomic E-state index is 0.164. The minimum Gasteiger partial charge on any atom is -0.356 e. The van der Waals surface area contributed by atoms with Crippen LogP contribution < -0.4 is 16.0 Å². The molecule has 3 aromatic rings. The molecule has 3 aromatic carbocycles. The summed E-state index contributed by atoms with van der Waals surface area (Å²) >= 11 is 11.7. The number of hydrogen-bond acceptors (Lipinski definition) is 3. The number of anilines is 3. The Morgan fingerprint density at radius 1 is 0.750 bits per heavy atom. The molecule has 28 heavy (non-hydrogen) atoms. The van der Waals surface area contributed by atoms with E-state index in [1.54, 1.807) is 18.2 Å². The Labute approximate surface area is 172 Å². The number of carbonyl (C=O) groups is 2. The van der Waals surface area contributed by atoms with Gasteiger partial charge >= 0.3 is 0 Å². The van der Waals surface area contributed by atoms with Crippen molar-refractivity contribution >= 4 is 52.1 Å². The average molecular weight is 414 g/mol. The van der Waals surface area contributed by atoms with Crippen LogP contribution in [0.15, 0.2) is 72.8 Å². The van der Waals surface area contributed by atoms with E-state index in [2.05, 4.69) is 16.0 Å². The Kier molecular flexibility index (Phi) is 6.53. The second-order valence-corrected chi connectivity index (χ2v) is 6.74. The van der Waals surface area contributed by atoms with Crippen LogP contribution >= 0.6 is 23.2 Å². The fourth-order valence-electron chi connectivity index (χ4n) is 2.43. The van der Waals surface area contributed by atoms with Gasteiger partial charge in [0.2, 0.25) is 5.91 Å². The standard InChI is InChI=1S/C21H17Cl2N3O2/c22-18-11-6-14(12-19(18)23)21(28)24-13-20(27)26-17-9-7-16(8-10-17)25-15-4-2-1-3-5-15/h1-12,25H,13H2,(H,24,28)(H,26,27). The lowest BCUT2D eigenvalue weighted by Crippen LogP contribution is -2.32. The van der Waals surface area contributed by atoms with Gasteiger partial charge in [0.1, 0.15) is 0 Å². The number of rotatable bonds is 6. The fraction of sp³-hybridized carbons (Fsp3) is 0.0476. The Balaban J connectivity index is 1.50. The molecule has 0 saturated carbocycles. The number of amides is 2. The van der Waals surface area contributed by atoms with Crippen LogP contribution in [0, 0.1) is 0 Å². The van der Waals surface area contributed by atoms with Gasteiger partial charge in [0.15, 0.2) is 0 Å². The van der Waals surface area contributed by atoms with Gasteiger partial charge in [-0.15, -0.1) is 0 Å². The molecule has 3 N–H and O–H groups in total. The highest BCUT2D eigenvalue weighted by Crippen LogP contribution is 2.22. The SMILES string of the molecule is O=C(CNC(=O)c1ccc(Cl)c(Cl)c1)Nc1ccc(Nc2ccccc2)cc1. The molecular formula is C21H17Cl2N3O2. The van der Waals surface area contributed by atoms with E-state index in [4.69, 9.17) is 23.2 Å². The van der Waals surface area contributed by atoms with Gasteiger partial charge in [-0.05, 0) is 54.6 Å². The molecule has 0 saturated heterocycles. The molecular weight excluding hydrogens is 397 g/mol. The van der Waals surface area contributed by atoms with Gasteiger partial charge < -0.3 is 16.0 Å². The zero-order valence-corrected chi connectivity index (χ0v) is 16.2. The largest absolute Gasteiger partial charge is 0.356 e. The molecule has 0 fully saturated rings. The second kappa shape index (κ2) is 9.26. The summed E-state index contributed by atoms with van der Waals surface area (Å²) in [6.07, 6.45) is 0. The normalized spacial score (nSPS) is 10.2. The summed E-state index contributed by atoms with van der Waals surface area (Å²) < 4.78 is 0. The van der Waals surface area contributed by atoms with Gasteiger partial charge in [0.05, 0.1) is 16.6 Å². The first kappa shape index (κ1) is 19.7. The molecule has 7 heteroatoms. The molecule has 5 nitrogen and oxygen atoms in total. The van der Waals surface area contributed by atoms with Gasteiger partial charge in [-0.1, -0.05) is 41.4 Å². The number of halogens is 2. The molecule has 0 aromatic heterocycles. The molecule has 0 heterocycles. The van der Waals surface area contributed by atoms with E-state index in [9.17, 15) is 9.59 Å². The lowest BCUT2D eigenvalue weighted by molar-refractivity contribution is -0.115. The van der Waals surface area contributed by atoms with Crippen LogP contribution in [0.25, 0.3) is 0 Å². The lowest BCUT2D eigenvalue weighted by Gasteiger charge is -2.09. The Morgan fingerprint density at radius 2 is 1.39 bits per heavy atom. The monoisotopic (exact) mass is 413 g/mol. The number of hydrogen-bond donors (Lipinski definition) is 3. The van der Waals surface area contributed by atoms with Gasteiger partial charge in [0, 0.05) is 22.6 Å². The van der Waals surface area contributed by atoms with E-state index in [0.717, 1.165) is 11.4 Å². The fourth-order valence-corrected chi connectivity index (χ4v) is 2.73. The van der Waals surface area contributed by atoms with Crippen molar-refractivity contribution in [1.82, 2.24) is 5.32 Å². The third-order valence-corrected chi connectivity index (χ3v) is 4.56. The van der Waals surface area contributed by atoms with Crippen LogP contribution in [0.1, 0.15) is 10.4 Å². The molecule has 0 aliphatic heterocycles. The first-order chi connectivity index (χ1) is 13.5. The first-order valence-electron chi connectivity index (χ1n) is 8.46. The zero-order valence-electron chi connectivity index (χ0n) is 14.7. The molecule has 142 valence electrons. The average Bonchev–Trinajstić information content (AvgIpc) is 2.70. The topological polar surface area (TPSA) is 70.2 Å². The van der Waals surface area contributed by atoms with Crippen LogP contribution in [0.2, 0.25) is 10.0 Å².